The maximum Gasteiger partial charge on any atom is 0.406 e. The van der Waals surface area contributed by atoms with Gasteiger partial charge in [0.1, 0.15) is 0 Å². The average molecular weight is 373 g/mol. The predicted molar refractivity (Wildman–Crippen MR) is 85.8 cm³/mol. The molecule has 2 aliphatic rings. The molecule has 1 N–H and O–H groups in total. The molecule has 1 aromatic rings. The first kappa shape index (κ1) is 18.7. The van der Waals surface area contributed by atoms with Crippen molar-refractivity contribution >= 4 is 11.9 Å². The van der Waals surface area contributed by atoms with Crippen LogP contribution in [0.15, 0.2) is 6.20 Å². The molecule has 1 saturated carbocycles. The highest BCUT2D eigenvalue weighted by atomic mass is 19.4. The van der Waals surface area contributed by atoms with Gasteiger partial charge in [-0.2, -0.15) is 18.3 Å². The van der Waals surface area contributed by atoms with Crippen molar-refractivity contribution in [1.82, 2.24) is 14.7 Å². The minimum Gasteiger partial charge on any atom is -0.481 e. The van der Waals surface area contributed by atoms with Crippen molar-refractivity contribution < 1.29 is 27.9 Å². The van der Waals surface area contributed by atoms with Crippen LogP contribution in [0.4, 0.5) is 13.2 Å². The number of nitrogens with zero attached hydrogens (tertiary/aromatic N) is 3. The SMILES string of the molecule is CCC(C)n1ncc(C(=O)N2CCC(C(=O)O)(C(F)(F)F)C2)c1C1CC1. The number of hydrogen-bond acceptors (Lipinski definition) is 3. The quantitative estimate of drug-likeness (QED) is 0.860. The van der Waals surface area contributed by atoms with E-state index in [1.54, 1.807) is 4.68 Å². The summed E-state index contributed by atoms with van der Waals surface area (Å²) in [4.78, 5) is 25.2. The van der Waals surface area contributed by atoms with Crippen molar-refractivity contribution in [3.63, 3.8) is 0 Å². The van der Waals surface area contributed by atoms with Crippen LogP contribution in [0.5, 0.6) is 0 Å². The minimum atomic E-state index is -4.91. The summed E-state index contributed by atoms with van der Waals surface area (Å²) in [6.45, 7) is 2.88. The molecule has 0 bridgehead atoms. The summed E-state index contributed by atoms with van der Waals surface area (Å²) in [6, 6.07) is 0.0824. The monoisotopic (exact) mass is 373 g/mol. The number of halogens is 3. The second-order valence-corrected chi connectivity index (χ2v) is 7.28. The van der Waals surface area contributed by atoms with Gasteiger partial charge in [-0.05, 0) is 32.6 Å². The van der Waals surface area contributed by atoms with Crippen LogP contribution in [-0.2, 0) is 4.79 Å². The predicted octanol–water partition coefficient (Wildman–Crippen LogP) is 3.21. The van der Waals surface area contributed by atoms with Crippen molar-refractivity contribution in [2.24, 2.45) is 5.41 Å². The number of carboxylic acid groups (broad SMARTS) is 1. The number of aromatic nitrogens is 2. The van der Waals surface area contributed by atoms with E-state index in [-0.39, 0.29) is 18.5 Å². The van der Waals surface area contributed by atoms with Crippen LogP contribution < -0.4 is 0 Å². The Morgan fingerprint density at radius 3 is 2.54 bits per heavy atom. The topological polar surface area (TPSA) is 75.4 Å². The van der Waals surface area contributed by atoms with Gasteiger partial charge in [-0.3, -0.25) is 14.3 Å². The van der Waals surface area contributed by atoms with Crippen LogP contribution in [0.3, 0.4) is 0 Å². The zero-order valence-electron chi connectivity index (χ0n) is 14.7. The van der Waals surface area contributed by atoms with Crippen molar-refractivity contribution in [2.75, 3.05) is 13.1 Å². The normalized spacial score (nSPS) is 24.7. The number of carboxylic acids is 1. The van der Waals surface area contributed by atoms with Crippen molar-refractivity contribution in [1.29, 1.82) is 0 Å². The van der Waals surface area contributed by atoms with Gasteiger partial charge in [0.2, 0.25) is 0 Å². The number of rotatable bonds is 5. The number of hydrogen-bond donors (Lipinski definition) is 1. The highest BCUT2D eigenvalue weighted by molar-refractivity contribution is 5.96. The van der Waals surface area contributed by atoms with Crippen LogP contribution in [0, 0.1) is 5.41 Å². The van der Waals surface area contributed by atoms with Gasteiger partial charge in [0.05, 0.1) is 17.5 Å². The molecule has 1 amide bonds. The number of amides is 1. The van der Waals surface area contributed by atoms with E-state index in [2.05, 4.69) is 5.10 Å². The van der Waals surface area contributed by atoms with Crippen LogP contribution in [-0.4, -0.2) is 50.9 Å². The molecule has 0 radical (unpaired) electrons. The molecule has 3 rings (SSSR count). The molecule has 2 heterocycles. The Balaban J connectivity index is 1.90. The second-order valence-electron chi connectivity index (χ2n) is 7.28. The Kier molecular flexibility index (Phi) is 4.52. The van der Waals surface area contributed by atoms with E-state index < -0.39 is 36.4 Å². The summed E-state index contributed by atoms with van der Waals surface area (Å²) >= 11 is 0. The van der Waals surface area contributed by atoms with Crippen molar-refractivity contribution in [3.8, 4) is 0 Å². The molecule has 2 atom stereocenters. The highest BCUT2D eigenvalue weighted by Gasteiger charge is 2.64. The molecule has 2 unspecified atom stereocenters. The standard InChI is InChI=1S/C17H22F3N3O3/c1-3-10(2)23-13(11-4-5-11)12(8-21-23)14(24)22-7-6-16(9-22,15(25)26)17(18,19)20/h8,10-11H,3-7,9H2,1-2H3,(H,25,26). The smallest absolute Gasteiger partial charge is 0.406 e. The van der Waals surface area contributed by atoms with Crippen LogP contribution in [0.1, 0.15) is 67.5 Å². The molecule has 1 aliphatic carbocycles. The van der Waals surface area contributed by atoms with Crippen molar-refractivity contribution in [2.45, 2.75) is 57.7 Å². The van der Waals surface area contributed by atoms with Crippen LogP contribution in [0.2, 0.25) is 0 Å². The summed E-state index contributed by atoms with van der Waals surface area (Å²) in [5, 5.41) is 13.4. The van der Waals surface area contributed by atoms with E-state index >= 15 is 0 Å². The largest absolute Gasteiger partial charge is 0.481 e. The molecule has 6 nitrogen and oxygen atoms in total. The Morgan fingerprint density at radius 1 is 1.42 bits per heavy atom. The van der Waals surface area contributed by atoms with Gasteiger partial charge < -0.3 is 10.0 Å². The molecule has 144 valence electrons. The number of carbonyl (C=O) groups excluding carboxylic acids is 1. The highest BCUT2D eigenvalue weighted by Crippen LogP contribution is 2.47. The minimum absolute atomic E-state index is 0.0824. The molecule has 0 spiro atoms. The van der Waals surface area contributed by atoms with Gasteiger partial charge in [-0.1, -0.05) is 6.92 Å². The lowest BCUT2D eigenvalue weighted by molar-refractivity contribution is -0.227. The first-order chi connectivity index (χ1) is 12.1. The first-order valence-electron chi connectivity index (χ1n) is 8.79. The lowest BCUT2D eigenvalue weighted by Gasteiger charge is -2.27. The molecular weight excluding hydrogens is 351 g/mol. The number of alkyl halides is 3. The fraction of sp³-hybridized carbons (Fsp3) is 0.706. The van der Waals surface area contributed by atoms with Gasteiger partial charge in [0, 0.05) is 25.0 Å². The Labute approximate surface area is 149 Å². The molecule has 1 aliphatic heterocycles. The number of likely N-dealkylation sites (tertiary alicyclic amines) is 1. The van der Waals surface area contributed by atoms with E-state index in [0.29, 0.717) is 5.56 Å². The van der Waals surface area contributed by atoms with Gasteiger partial charge in [-0.15, -0.1) is 0 Å². The summed E-state index contributed by atoms with van der Waals surface area (Å²) < 4.78 is 41.8. The lowest BCUT2D eigenvalue weighted by atomic mass is 9.86. The summed E-state index contributed by atoms with van der Waals surface area (Å²) in [5.74, 6) is -2.30. The second kappa shape index (κ2) is 6.28. The van der Waals surface area contributed by atoms with Gasteiger partial charge in [0.15, 0.2) is 5.41 Å². The van der Waals surface area contributed by atoms with Crippen LogP contribution >= 0.6 is 0 Å². The Hall–Kier alpha value is -2.06. The van der Waals surface area contributed by atoms with Gasteiger partial charge in [0.25, 0.3) is 5.91 Å². The van der Waals surface area contributed by atoms with E-state index in [1.165, 1.54) is 6.20 Å². The summed E-state index contributed by atoms with van der Waals surface area (Å²) in [7, 11) is 0. The Bertz CT molecular complexity index is 727. The maximum absolute atomic E-state index is 13.3. The number of carbonyl (C=O) groups is 2. The maximum atomic E-state index is 13.3. The molecule has 1 aromatic heterocycles. The number of aliphatic carboxylic acids is 1. The fourth-order valence-electron chi connectivity index (χ4n) is 3.51. The third kappa shape index (κ3) is 2.87. The Morgan fingerprint density at radius 2 is 2.08 bits per heavy atom. The van der Waals surface area contributed by atoms with E-state index in [9.17, 15) is 22.8 Å². The third-order valence-corrected chi connectivity index (χ3v) is 5.55. The zero-order chi connectivity index (χ0) is 19.3. The lowest BCUT2D eigenvalue weighted by Crippen LogP contribution is -2.47. The first-order valence-corrected chi connectivity index (χ1v) is 8.79. The summed E-state index contributed by atoms with van der Waals surface area (Å²) in [6.07, 6.45) is -1.47. The molecule has 0 aromatic carbocycles. The zero-order valence-corrected chi connectivity index (χ0v) is 14.7. The van der Waals surface area contributed by atoms with Gasteiger partial charge in [-0.25, -0.2) is 0 Å². The average Bonchev–Trinajstić information content (AvgIpc) is 3.13. The van der Waals surface area contributed by atoms with E-state index in [4.69, 9.17) is 5.11 Å². The molecular formula is C17H22F3N3O3. The summed E-state index contributed by atoms with van der Waals surface area (Å²) in [5.41, 5.74) is -1.82. The molecule has 9 heteroatoms. The third-order valence-electron chi connectivity index (χ3n) is 5.55. The van der Waals surface area contributed by atoms with Gasteiger partial charge >= 0.3 is 12.1 Å². The molecule has 1 saturated heterocycles. The van der Waals surface area contributed by atoms with E-state index in [1.807, 2.05) is 13.8 Å². The molecule has 26 heavy (non-hydrogen) atoms. The van der Waals surface area contributed by atoms with Crippen molar-refractivity contribution in [3.05, 3.63) is 17.5 Å². The van der Waals surface area contributed by atoms with Crippen LogP contribution in [0.25, 0.3) is 0 Å². The fourth-order valence-corrected chi connectivity index (χ4v) is 3.51. The molecule has 2 fully saturated rings. The van der Waals surface area contributed by atoms with E-state index in [0.717, 1.165) is 29.9 Å².